The van der Waals surface area contributed by atoms with E-state index in [2.05, 4.69) is 66.1 Å². The Hall–Kier alpha value is -9.59. The van der Waals surface area contributed by atoms with Crippen molar-refractivity contribution in [3.05, 3.63) is 207 Å². The van der Waals surface area contributed by atoms with Gasteiger partial charge in [-0.3, -0.25) is 0 Å². The van der Waals surface area contributed by atoms with Crippen molar-refractivity contribution in [3.63, 3.8) is 0 Å². The van der Waals surface area contributed by atoms with Gasteiger partial charge in [-0.15, -0.1) is 0 Å². The van der Waals surface area contributed by atoms with E-state index in [1.165, 1.54) is 57.8 Å². The van der Waals surface area contributed by atoms with Crippen LogP contribution in [0.1, 0.15) is 195 Å². The summed E-state index contributed by atoms with van der Waals surface area (Å²) in [6, 6.07) is 45.4. The van der Waals surface area contributed by atoms with Crippen LogP contribution in [0.2, 0.25) is 0 Å². The lowest BCUT2D eigenvalue weighted by Crippen LogP contribution is -2.08. The van der Waals surface area contributed by atoms with Crippen molar-refractivity contribution in [2.75, 3.05) is 55.4 Å². The average Bonchev–Trinajstić information content (AvgIpc) is 1.42. The summed E-state index contributed by atoms with van der Waals surface area (Å²) in [6.45, 7) is 3.76. The summed E-state index contributed by atoms with van der Waals surface area (Å²) in [6.07, 6.45) is 22.0. The van der Waals surface area contributed by atoms with Crippen LogP contribution in [-0.2, 0) is 4.74 Å². The summed E-state index contributed by atoms with van der Waals surface area (Å²) in [7, 11) is 8.20. The molecule has 464 valence electrons. The molecule has 0 aliphatic carbocycles. The third kappa shape index (κ3) is 23.2. The summed E-state index contributed by atoms with van der Waals surface area (Å²) < 4.78 is 46.1. The molecule has 7 aromatic rings. The fraction of sp³-hybridized carbons (Fsp3) is 0.346. The van der Waals surface area contributed by atoms with E-state index in [1.807, 2.05) is 133 Å². The predicted molar refractivity (Wildman–Crippen MR) is 362 cm³/mol. The first-order chi connectivity index (χ1) is 44.3. The van der Waals surface area contributed by atoms with Crippen LogP contribution in [0.15, 0.2) is 146 Å². The zero-order chi connectivity index (χ0) is 63.2. The molecule has 0 radical (unpaired) electrons. The third-order valence-electron chi connectivity index (χ3n) is 15.2. The van der Waals surface area contributed by atoms with Gasteiger partial charge in [0.1, 0.15) is 34.5 Å². The molecule has 0 fully saturated rings. The summed E-state index contributed by atoms with van der Waals surface area (Å²) >= 11 is 0. The number of carbonyl (C=O) groups excluding carboxylic acids is 1. The standard InChI is InChI=1S/C81H86O9/c1-7-8-9-10-11-12-14-17-20-23-60-88-74-53-41-68(42-54-74)81(82)90-62-25-22-19-16-13-15-18-21-24-61-89-80-78(58-39-66-32-49-72(86-5)50-33-66)76(56-37-64-28-45-70(84-3)46-29-64)75(55-36-63-26-43-69(83-2)44-27-63)77(57-38-65-30-47-71(85-4)48-31-65)79(80)59-40-67-34-51-73(87-6)52-35-67/h26-35,41-54H,7-25,60-62H2,1-6H3. The molecular weight excluding hydrogens is 1120 g/mol. The molecule has 0 saturated heterocycles. The summed E-state index contributed by atoms with van der Waals surface area (Å²) in [4.78, 5) is 12.8. The minimum Gasteiger partial charge on any atom is -0.497 e. The van der Waals surface area contributed by atoms with Crippen LogP contribution in [0, 0.1) is 59.2 Å². The van der Waals surface area contributed by atoms with Crippen LogP contribution in [0.4, 0.5) is 0 Å². The third-order valence-corrected chi connectivity index (χ3v) is 15.2. The molecule has 7 rings (SSSR count). The van der Waals surface area contributed by atoms with E-state index in [1.54, 1.807) is 47.7 Å². The van der Waals surface area contributed by atoms with Crippen LogP contribution in [0.5, 0.6) is 40.2 Å². The Morgan fingerprint density at radius 2 is 0.533 bits per heavy atom. The zero-order valence-corrected chi connectivity index (χ0v) is 53.6. The molecule has 0 unspecified atom stereocenters. The van der Waals surface area contributed by atoms with Gasteiger partial charge in [0.05, 0.1) is 88.8 Å². The predicted octanol–water partition coefficient (Wildman–Crippen LogP) is 17.8. The Morgan fingerprint density at radius 3 is 0.844 bits per heavy atom. The van der Waals surface area contributed by atoms with Gasteiger partial charge in [-0.25, -0.2) is 4.79 Å². The average molecular weight is 1200 g/mol. The first-order valence-corrected chi connectivity index (χ1v) is 31.9. The van der Waals surface area contributed by atoms with Crippen molar-refractivity contribution < 1.29 is 42.7 Å². The monoisotopic (exact) mass is 1200 g/mol. The molecule has 0 atom stereocenters. The maximum absolute atomic E-state index is 12.8. The molecule has 0 aliphatic rings. The summed E-state index contributed by atoms with van der Waals surface area (Å²) in [5, 5.41) is 0. The molecule has 9 heteroatoms. The Balaban J connectivity index is 1.08. The second-order valence-electron chi connectivity index (χ2n) is 21.8. The first kappa shape index (κ1) is 67.9. The van der Waals surface area contributed by atoms with Gasteiger partial charge >= 0.3 is 5.97 Å². The molecule has 0 saturated carbocycles. The van der Waals surface area contributed by atoms with E-state index in [0.717, 1.165) is 121 Å². The van der Waals surface area contributed by atoms with Gasteiger partial charge in [0.25, 0.3) is 0 Å². The number of hydrogen-bond donors (Lipinski definition) is 0. The van der Waals surface area contributed by atoms with Gasteiger partial charge in [0, 0.05) is 27.8 Å². The highest BCUT2D eigenvalue weighted by molar-refractivity contribution is 5.89. The SMILES string of the molecule is CCCCCCCCCCCCOc1ccc(C(=O)OCCCCCCCCCCCOc2c(C#Cc3ccc(OC)cc3)c(C#Cc3ccc(OC)cc3)c(C#Cc3ccc(OC)cc3)c(C#Cc3ccc(OC)cc3)c2C#Cc2ccc(OC)cc2)cc1. The molecule has 0 aromatic heterocycles. The summed E-state index contributed by atoms with van der Waals surface area (Å²) in [5.74, 6) is 39.4. The summed E-state index contributed by atoms with van der Waals surface area (Å²) in [5.41, 5.74) is 7.03. The highest BCUT2D eigenvalue weighted by Gasteiger charge is 2.23. The number of ether oxygens (including phenoxy) is 8. The minimum absolute atomic E-state index is 0.291. The largest absolute Gasteiger partial charge is 0.497 e. The molecule has 0 bridgehead atoms. The van der Waals surface area contributed by atoms with Gasteiger partial charge in [0.15, 0.2) is 5.75 Å². The fourth-order valence-electron chi connectivity index (χ4n) is 9.86. The van der Waals surface area contributed by atoms with E-state index in [9.17, 15) is 4.79 Å². The van der Waals surface area contributed by atoms with Gasteiger partial charge < -0.3 is 37.9 Å². The number of carbonyl (C=O) groups is 1. The number of methoxy groups -OCH3 is 5. The Labute approximate surface area is 536 Å². The van der Waals surface area contributed by atoms with Gasteiger partial charge in [-0.1, -0.05) is 169 Å². The lowest BCUT2D eigenvalue weighted by Gasteiger charge is -2.17. The molecule has 0 amide bonds. The Morgan fingerprint density at radius 1 is 0.278 bits per heavy atom. The topological polar surface area (TPSA) is 90.9 Å². The fourth-order valence-corrected chi connectivity index (χ4v) is 9.86. The Bertz CT molecular complexity index is 3480. The number of unbranched alkanes of at least 4 members (excludes halogenated alkanes) is 17. The molecule has 0 aliphatic heterocycles. The normalized spacial score (nSPS) is 10.2. The quantitative estimate of drug-likeness (QED) is 0.0239. The highest BCUT2D eigenvalue weighted by atomic mass is 16.5. The molecule has 0 N–H and O–H groups in total. The van der Waals surface area contributed by atoms with Crippen molar-refractivity contribution in [2.45, 2.75) is 129 Å². The Kier molecular flexibility index (Phi) is 29.7. The number of esters is 1. The van der Waals surface area contributed by atoms with E-state index < -0.39 is 0 Å². The van der Waals surface area contributed by atoms with Crippen molar-refractivity contribution in [1.29, 1.82) is 0 Å². The van der Waals surface area contributed by atoms with E-state index in [4.69, 9.17) is 37.9 Å². The minimum atomic E-state index is -0.291. The van der Waals surface area contributed by atoms with Crippen LogP contribution >= 0.6 is 0 Å². The van der Waals surface area contributed by atoms with Crippen molar-refractivity contribution >= 4 is 5.97 Å². The lowest BCUT2D eigenvalue weighted by molar-refractivity contribution is 0.0497. The maximum atomic E-state index is 12.8. The second-order valence-corrected chi connectivity index (χ2v) is 21.8. The number of rotatable bonds is 31. The van der Waals surface area contributed by atoms with Crippen LogP contribution < -0.4 is 33.2 Å². The molecule has 9 nitrogen and oxygen atoms in total. The smallest absolute Gasteiger partial charge is 0.338 e. The zero-order valence-electron chi connectivity index (χ0n) is 53.6. The van der Waals surface area contributed by atoms with Crippen molar-refractivity contribution in [2.24, 2.45) is 0 Å². The highest BCUT2D eigenvalue weighted by Crippen LogP contribution is 2.35. The van der Waals surface area contributed by atoms with Crippen molar-refractivity contribution in [1.82, 2.24) is 0 Å². The number of hydrogen-bond acceptors (Lipinski definition) is 9. The van der Waals surface area contributed by atoms with Gasteiger partial charge in [0.2, 0.25) is 0 Å². The lowest BCUT2D eigenvalue weighted by atomic mass is 9.89. The van der Waals surface area contributed by atoms with E-state index >= 15 is 0 Å². The van der Waals surface area contributed by atoms with Crippen LogP contribution in [0.25, 0.3) is 0 Å². The van der Waals surface area contributed by atoms with Crippen LogP contribution in [-0.4, -0.2) is 61.3 Å². The van der Waals surface area contributed by atoms with E-state index in [-0.39, 0.29) is 5.97 Å². The molecule has 0 heterocycles. The van der Waals surface area contributed by atoms with Crippen molar-refractivity contribution in [3.8, 4) is 99.5 Å². The molecular formula is C81H86O9. The first-order valence-electron chi connectivity index (χ1n) is 31.9. The second kappa shape index (κ2) is 39.3. The molecule has 90 heavy (non-hydrogen) atoms. The van der Waals surface area contributed by atoms with E-state index in [0.29, 0.717) is 64.7 Å². The molecule has 0 spiro atoms. The van der Waals surface area contributed by atoms with Gasteiger partial charge in [-0.2, -0.15) is 0 Å². The number of benzene rings is 7. The van der Waals surface area contributed by atoms with Crippen LogP contribution in [0.3, 0.4) is 0 Å². The van der Waals surface area contributed by atoms with Gasteiger partial charge in [-0.05, 0) is 165 Å². The molecule has 7 aromatic carbocycles. The maximum Gasteiger partial charge on any atom is 0.338 e.